The molecule has 0 fully saturated rings. The maximum Gasteiger partial charge on any atom is 0.142 e. The van der Waals surface area contributed by atoms with Gasteiger partial charge in [-0.2, -0.15) is 0 Å². The average molecular weight is 237 g/mol. The van der Waals surface area contributed by atoms with Gasteiger partial charge >= 0.3 is 0 Å². The molecule has 0 radical (unpaired) electrons. The van der Waals surface area contributed by atoms with Gasteiger partial charge in [-0.15, -0.1) is 11.3 Å². The van der Waals surface area contributed by atoms with Crippen molar-refractivity contribution in [2.45, 2.75) is 6.42 Å². The lowest BCUT2D eigenvalue weighted by Crippen LogP contribution is -2.02. The molecule has 2 N–H and O–H groups in total. The number of anilines is 1. The molecule has 1 aromatic carbocycles. The highest BCUT2D eigenvalue weighted by Gasteiger charge is 2.02. The number of halogens is 1. The first-order valence-corrected chi connectivity index (χ1v) is 5.84. The number of rotatable bonds is 4. The maximum atomic E-state index is 12.8. The molecule has 0 unspecified atom stereocenters. The fraction of sp³-hybridized carbons (Fsp3) is 0.167. The molecule has 0 spiro atoms. The van der Waals surface area contributed by atoms with Crippen LogP contribution in [0.1, 0.15) is 4.88 Å². The zero-order valence-corrected chi connectivity index (χ0v) is 9.47. The first-order chi connectivity index (χ1) is 7.75. The molecule has 0 aliphatic heterocycles. The minimum atomic E-state index is -0.344. The van der Waals surface area contributed by atoms with Gasteiger partial charge in [-0.25, -0.2) is 4.39 Å². The van der Waals surface area contributed by atoms with Crippen molar-refractivity contribution in [3.8, 4) is 5.75 Å². The van der Waals surface area contributed by atoms with E-state index in [2.05, 4.69) is 6.07 Å². The van der Waals surface area contributed by atoms with Crippen LogP contribution in [0.25, 0.3) is 0 Å². The smallest absolute Gasteiger partial charge is 0.142 e. The predicted molar refractivity (Wildman–Crippen MR) is 64.3 cm³/mol. The molecule has 0 saturated heterocycles. The minimum absolute atomic E-state index is 0.339. The molecule has 0 aliphatic rings. The van der Waals surface area contributed by atoms with Crippen LogP contribution in [0.2, 0.25) is 0 Å². The Balaban J connectivity index is 1.90. The third-order valence-corrected chi connectivity index (χ3v) is 3.09. The standard InChI is InChI=1S/C12H12FNOS/c13-9-3-4-12(11(14)8-9)15-6-5-10-2-1-7-16-10/h1-4,7-8H,5-6,14H2. The van der Waals surface area contributed by atoms with Gasteiger partial charge in [-0.05, 0) is 23.6 Å². The van der Waals surface area contributed by atoms with E-state index in [1.54, 1.807) is 17.4 Å². The fourth-order valence-electron chi connectivity index (χ4n) is 1.37. The van der Waals surface area contributed by atoms with Crippen LogP contribution in [0.3, 0.4) is 0 Å². The monoisotopic (exact) mass is 237 g/mol. The summed E-state index contributed by atoms with van der Waals surface area (Å²) in [6, 6.07) is 8.23. The number of benzene rings is 1. The molecule has 2 rings (SSSR count). The zero-order chi connectivity index (χ0) is 11.4. The van der Waals surface area contributed by atoms with E-state index in [4.69, 9.17) is 10.5 Å². The molecular weight excluding hydrogens is 225 g/mol. The molecule has 2 aromatic rings. The molecule has 0 amide bonds. The molecule has 0 bridgehead atoms. The number of hydrogen-bond donors (Lipinski definition) is 1. The molecule has 0 saturated carbocycles. The fourth-order valence-corrected chi connectivity index (χ4v) is 2.06. The largest absolute Gasteiger partial charge is 0.491 e. The van der Waals surface area contributed by atoms with Crippen molar-refractivity contribution in [2.24, 2.45) is 0 Å². The Morgan fingerprint density at radius 1 is 1.31 bits per heavy atom. The number of nitrogens with two attached hydrogens (primary N) is 1. The van der Waals surface area contributed by atoms with Crippen LogP contribution in [0.4, 0.5) is 10.1 Å². The van der Waals surface area contributed by atoms with Gasteiger partial charge in [0.05, 0.1) is 12.3 Å². The second kappa shape index (κ2) is 4.99. The summed E-state index contributed by atoms with van der Waals surface area (Å²) in [7, 11) is 0. The second-order valence-corrected chi connectivity index (χ2v) is 4.39. The summed E-state index contributed by atoms with van der Waals surface area (Å²) >= 11 is 1.69. The highest BCUT2D eigenvalue weighted by Crippen LogP contribution is 2.22. The summed E-state index contributed by atoms with van der Waals surface area (Å²) in [4.78, 5) is 1.26. The molecule has 16 heavy (non-hydrogen) atoms. The lowest BCUT2D eigenvalue weighted by molar-refractivity contribution is 0.324. The van der Waals surface area contributed by atoms with Gasteiger partial charge in [-0.1, -0.05) is 6.07 Å². The van der Waals surface area contributed by atoms with Crippen molar-refractivity contribution in [1.82, 2.24) is 0 Å². The summed E-state index contributed by atoms with van der Waals surface area (Å²) in [6.07, 6.45) is 0.842. The summed E-state index contributed by atoms with van der Waals surface area (Å²) < 4.78 is 18.2. The van der Waals surface area contributed by atoms with Crippen LogP contribution >= 0.6 is 11.3 Å². The van der Waals surface area contributed by atoms with Crippen LogP contribution < -0.4 is 10.5 Å². The van der Waals surface area contributed by atoms with E-state index in [1.807, 2.05) is 11.4 Å². The number of ether oxygens (including phenoxy) is 1. The molecule has 0 aliphatic carbocycles. The van der Waals surface area contributed by atoms with E-state index >= 15 is 0 Å². The van der Waals surface area contributed by atoms with Gasteiger partial charge in [0.15, 0.2) is 0 Å². The van der Waals surface area contributed by atoms with Gasteiger partial charge in [-0.3, -0.25) is 0 Å². The van der Waals surface area contributed by atoms with Gasteiger partial charge in [0, 0.05) is 17.4 Å². The van der Waals surface area contributed by atoms with Crippen molar-refractivity contribution in [3.05, 3.63) is 46.4 Å². The molecule has 84 valence electrons. The van der Waals surface area contributed by atoms with Crippen molar-refractivity contribution in [3.63, 3.8) is 0 Å². The van der Waals surface area contributed by atoms with Crippen molar-refractivity contribution < 1.29 is 9.13 Å². The first-order valence-electron chi connectivity index (χ1n) is 4.96. The summed E-state index contributed by atoms with van der Waals surface area (Å²) in [5.74, 6) is 0.195. The third-order valence-electron chi connectivity index (χ3n) is 2.16. The topological polar surface area (TPSA) is 35.2 Å². The molecule has 4 heteroatoms. The normalized spacial score (nSPS) is 10.3. The Hall–Kier alpha value is -1.55. The van der Waals surface area contributed by atoms with Crippen LogP contribution in [0, 0.1) is 5.82 Å². The summed E-state index contributed by atoms with van der Waals surface area (Å²) in [5, 5.41) is 2.03. The van der Waals surface area contributed by atoms with Gasteiger partial charge < -0.3 is 10.5 Å². The number of hydrogen-bond acceptors (Lipinski definition) is 3. The Labute approximate surface area is 97.5 Å². The van der Waals surface area contributed by atoms with Crippen LogP contribution in [-0.4, -0.2) is 6.61 Å². The van der Waals surface area contributed by atoms with Crippen LogP contribution in [-0.2, 0) is 6.42 Å². The highest BCUT2D eigenvalue weighted by molar-refractivity contribution is 7.09. The third kappa shape index (κ3) is 2.73. The quantitative estimate of drug-likeness (QED) is 0.829. The van der Waals surface area contributed by atoms with E-state index in [1.165, 1.54) is 17.0 Å². The average Bonchev–Trinajstić information content (AvgIpc) is 2.74. The lowest BCUT2D eigenvalue weighted by atomic mass is 10.3. The Bertz CT molecular complexity index is 456. The van der Waals surface area contributed by atoms with Crippen LogP contribution in [0.5, 0.6) is 5.75 Å². The van der Waals surface area contributed by atoms with Gasteiger partial charge in [0.1, 0.15) is 11.6 Å². The molecular formula is C12H12FNOS. The molecule has 1 heterocycles. The number of thiophene rings is 1. The van der Waals surface area contributed by atoms with E-state index in [0.29, 0.717) is 18.0 Å². The van der Waals surface area contributed by atoms with E-state index < -0.39 is 0 Å². The zero-order valence-electron chi connectivity index (χ0n) is 8.65. The van der Waals surface area contributed by atoms with Gasteiger partial charge in [0.25, 0.3) is 0 Å². The van der Waals surface area contributed by atoms with Gasteiger partial charge in [0.2, 0.25) is 0 Å². The number of nitrogen functional groups attached to an aromatic ring is 1. The van der Waals surface area contributed by atoms with Crippen molar-refractivity contribution >= 4 is 17.0 Å². The van der Waals surface area contributed by atoms with E-state index in [9.17, 15) is 4.39 Å². The van der Waals surface area contributed by atoms with Crippen molar-refractivity contribution in [2.75, 3.05) is 12.3 Å². The second-order valence-electron chi connectivity index (χ2n) is 3.36. The first kappa shape index (κ1) is 11.0. The highest BCUT2D eigenvalue weighted by atomic mass is 32.1. The molecule has 2 nitrogen and oxygen atoms in total. The van der Waals surface area contributed by atoms with Crippen LogP contribution in [0.15, 0.2) is 35.7 Å². The van der Waals surface area contributed by atoms with Crippen molar-refractivity contribution in [1.29, 1.82) is 0 Å². The predicted octanol–water partition coefficient (Wildman–Crippen LogP) is 3.09. The SMILES string of the molecule is Nc1cc(F)ccc1OCCc1cccs1. The Morgan fingerprint density at radius 3 is 2.88 bits per heavy atom. The maximum absolute atomic E-state index is 12.8. The Kier molecular flexibility index (Phi) is 3.41. The van der Waals surface area contributed by atoms with E-state index in [0.717, 1.165) is 6.42 Å². The molecule has 0 atom stereocenters. The lowest BCUT2D eigenvalue weighted by Gasteiger charge is -2.07. The van der Waals surface area contributed by atoms with E-state index in [-0.39, 0.29) is 5.82 Å². The minimum Gasteiger partial charge on any atom is -0.491 e. The molecule has 1 aromatic heterocycles. The Morgan fingerprint density at radius 2 is 2.19 bits per heavy atom. The summed E-state index contributed by atoms with van der Waals surface area (Å²) in [6.45, 7) is 0.552. The summed E-state index contributed by atoms with van der Waals surface area (Å²) in [5.41, 5.74) is 5.96.